The molecule has 0 radical (unpaired) electrons. The number of nitrogens with two attached hydrogens (primary N) is 1. The minimum atomic E-state index is 0.106. The van der Waals surface area contributed by atoms with Gasteiger partial charge in [0.2, 0.25) is 0 Å². The van der Waals surface area contributed by atoms with Crippen LogP contribution >= 0.6 is 0 Å². The van der Waals surface area contributed by atoms with Gasteiger partial charge >= 0.3 is 0 Å². The van der Waals surface area contributed by atoms with Crippen LogP contribution in [-0.4, -0.2) is 18.9 Å². The first-order valence-electron chi connectivity index (χ1n) is 5.79. The van der Waals surface area contributed by atoms with E-state index in [2.05, 4.69) is 5.32 Å². The van der Waals surface area contributed by atoms with E-state index in [4.69, 9.17) is 5.73 Å². The second kappa shape index (κ2) is 7.01. The van der Waals surface area contributed by atoms with E-state index in [1.165, 1.54) is 0 Å². The molecule has 0 atom stereocenters. The second-order valence-corrected chi connectivity index (χ2v) is 3.91. The fourth-order valence-electron chi connectivity index (χ4n) is 1.50. The zero-order valence-corrected chi connectivity index (χ0v) is 9.83. The molecule has 0 spiro atoms. The topological polar surface area (TPSA) is 55.1 Å². The molecule has 0 aliphatic carbocycles. The number of unbranched alkanes of at least 4 members (excludes halogenated alkanes) is 2. The van der Waals surface area contributed by atoms with Gasteiger partial charge in [0, 0.05) is 17.8 Å². The van der Waals surface area contributed by atoms with Crippen LogP contribution in [0, 0.1) is 0 Å². The van der Waals surface area contributed by atoms with Crippen LogP contribution in [0.2, 0.25) is 0 Å². The Labute approximate surface area is 97.0 Å². The number of ketones is 1. The molecule has 3 heteroatoms. The van der Waals surface area contributed by atoms with Crippen molar-refractivity contribution in [3.05, 3.63) is 29.8 Å². The molecule has 3 N–H and O–H groups in total. The highest BCUT2D eigenvalue weighted by atomic mass is 16.1. The van der Waals surface area contributed by atoms with Gasteiger partial charge in [0.05, 0.1) is 0 Å². The fraction of sp³-hybridized carbons (Fsp3) is 0.462. The van der Waals surface area contributed by atoms with Crippen molar-refractivity contribution in [1.82, 2.24) is 0 Å². The van der Waals surface area contributed by atoms with Gasteiger partial charge in [-0.1, -0.05) is 6.42 Å². The van der Waals surface area contributed by atoms with Crippen LogP contribution in [0.15, 0.2) is 24.3 Å². The van der Waals surface area contributed by atoms with Gasteiger partial charge in [-0.3, -0.25) is 4.79 Å². The number of hydrogen-bond acceptors (Lipinski definition) is 3. The second-order valence-electron chi connectivity index (χ2n) is 3.91. The molecule has 3 nitrogen and oxygen atoms in total. The Kier molecular flexibility index (Phi) is 5.57. The summed E-state index contributed by atoms with van der Waals surface area (Å²) in [5, 5.41) is 3.32. The van der Waals surface area contributed by atoms with Crippen molar-refractivity contribution >= 4 is 11.5 Å². The van der Waals surface area contributed by atoms with Crippen LogP contribution in [0.3, 0.4) is 0 Å². The number of rotatable bonds is 7. The van der Waals surface area contributed by atoms with Gasteiger partial charge in [-0.15, -0.1) is 0 Å². The summed E-state index contributed by atoms with van der Waals surface area (Å²) in [5.41, 5.74) is 7.24. The Morgan fingerprint density at radius 3 is 2.44 bits per heavy atom. The highest BCUT2D eigenvalue weighted by molar-refractivity contribution is 5.94. The third-order valence-corrected chi connectivity index (χ3v) is 2.50. The maximum Gasteiger partial charge on any atom is 0.159 e. The summed E-state index contributed by atoms with van der Waals surface area (Å²) in [4.78, 5) is 11.1. The van der Waals surface area contributed by atoms with E-state index in [-0.39, 0.29) is 5.78 Å². The molecule has 0 aromatic heterocycles. The molecule has 0 fully saturated rings. The van der Waals surface area contributed by atoms with Crippen molar-refractivity contribution < 1.29 is 4.79 Å². The molecule has 0 heterocycles. The maximum absolute atomic E-state index is 11.1. The van der Waals surface area contributed by atoms with E-state index < -0.39 is 0 Å². The van der Waals surface area contributed by atoms with Gasteiger partial charge in [-0.05, 0) is 50.6 Å². The van der Waals surface area contributed by atoms with E-state index in [0.29, 0.717) is 0 Å². The van der Waals surface area contributed by atoms with Gasteiger partial charge in [0.15, 0.2) is 5.78 Å². The predicted molar refractivity (Wildman–Crippen MR) is 67.8 cm³/mol. The van der Waals surface area contributed by atoms with Crippen molar-refractivity contribution in [3.8, 4) is 0 Å². The summed E-state index contributed by atoms with van der Waals surface area (Å²) in [6.07, 6.45) is 3.38. The van der Waals surface area contributed by atoms with Gasteiger partial charge in [-0.2, -0.15) is 0 Å². The Bertz CT molecular complexity index is 319. The summed E-state index contributed by atoms with van der Waals surface area (Å²) < 4.78 is 0. The predicted octanol–water partition coefficient (Wildman–Crippen LogP) is 2.43. The molecule has 1 aromatic rings. The van der Waals surface area contributed by atoms with Crippen LogP contribution in [0.1, 0.15) is 36.5 Å². The van der Waals surface area contributed by atoms with E-state index in [0.717, 1.165) is 43.6 Å². The highest BCUT2D eigenvalue weighted by Crippen LogP contribution is 2.10. The van der Waals surface area contributed by atoms with Gasteiger partial charge in [0.25, 0.3) is 0 Å². The van der Waals surface area contributed by atoms with Crippen LogP contribution < -0.4 is 11.1 Å². The first kappa shape index (κ1) is 12.7. The zero-order chi connectivity index (χ0) is 11.8. The van der Waals surface area contributed by atoms with Crippen molar-refractivity contribution in [2.24, 2.45) is 5.73 Å². The minimum Gasteiger partial charge on any atom is -0.385 e. The molecule has 0 amide bonds. The molecule has 1 rings (SSSR count). The summed E-state index contributed by atoms with van der Waals surface area (Å²) in [6.45, 7) is 3.31. The molecular formula is C13H20N2O. The summed E-state index contributed by atoms with van der Waals surface area (Å²) in [5.74, 6) is 0.106. The molecule has 16 heavy (non-hydrogen) atoms. The molecule has 0 aliphatic rings. The standard InChI is InChI=1S/C13H20N2O/c1-11(16)12-5-7-13(8-6-12)15-10-4-2-3-9-14/h5-8,15H,2-4,9-10,14H2,1H3. The Morgan fingerprint density at radius 2 is 1.88 bits per heavy atom. The third-order valence-electron chi connectivity index (χ3n) is 2.50. The monoisotopic (exact) mass is 220 g/mol. The molecule has 0 unspecified atom stereocenters. The van der Waals surface area contributed by atoms with E-state index in [1.54, 1.807) is 6.92 Å². The van der Waals surface area contributed by atoms with Gasteiger partial charge < -0.3 is 11.1 Å². The van der Waals surface area contributed by atoms with Crippen molar-refractivity contribution in [2.75, 3.05) is 18.4 Å². The molecular weight excluding hydrogens is 200 g/mol. The number of benzene rings is 1. The molecule has 0 saturated carbocycles. The van der Waals surface area contributed by atoms with E-state index >= 15 is 0 Å². The summed E-state index contributed by atoms with van der Waals surface area (Å²) in [7, 11) is 0. The highest BCUT2D eigenvalue weighted by Gasteiger charge is 1.98. The Hall–Kier alpha value is -1.35. The van der Waals surface area contributed by atoms with Crippen LogP contribution in [-0.2, 0) is 0 Å². The number of carbonyl (C=O) groups excluding carboxylic acids is 1. The maximum atomic E-state index is 11.1. The summed E-state index contributed by atoms with van der Waals surface area (Å²) in [6, 6.07) is 7.59. The molecule has 88 valence electrons. The fourth-order valence-corrected chi connectivity index (χ4v) is 1.50. The largest absolute Gasteiger partial charge is 0.385 e. The van der Waals surface area contributed by atoms with Crippen LogP contribution in [0.4, 0.5) is 5.69 Å². The minimum absolute atomic E-state index is 0.106. The van der Waals surface area contributed by atoms with E-state index in [9.17, 15) is 4.79 Å². The quantitative estimate of drug-likeness (QED) is 0.548. The average molecular weight is 220 g/mol. The van der Waals surface area contributed by atoms with Gasteiger partial charge in [0.1, 0.15) is 0 Å². The summed E-state index contributed by atoms with van der Waals surface area (Å²) >= 11 is 0. The lowest BCUT2D eigenvalue weighted by molar-refractivity contribution is 0.101. The number of nitrogens with one attached hydrogen (secondary N) is 1. The lowest BCUT2D eigenvalue weighted by Crippen LogP contribution is -2.04. The van der Waals surface area contributed by atoms with E-state index in [1.807, 2.05) is 24.3 Å². The third kappa shape index (κ3) is 4.45. The smallest absolute Gasteiger partial charge is 0.159 e. The molecule has 0 aliphatic heterocycles. The molecule has 0 bridgehead atoms. The van der Waals surface area contributed by atoms with Gasteiger partial charge in [-0.25, -0.2) is 0 Å². The number of anilines is 1. The first-order valence-corrected chi connectivity index (χ1v) is 5.79. The SMILES string of the molecule is CC(=O)c1ccc(NCCCCCN)cc1. The van der Waals surface area contributed by atoms with Crippen molar-refractivity contribution in [1.29, 1.82) is 0 Å². The number of hydrogen-bond donors (Lipinski definition) is 2. The Morgan fingerprint density at radius 1 is 1.19 bits per heavy atom. The molecule has 0 saturated heterocycles. The van der Waals surface area contributed by atoms with Crippen molar-refractivity contribution in [2.45, 2.75) is 26.2 Å². The Balaban J connectivity index is 2.29. The number of carbonyl (C=O) groups is 1. The zero-order valence-electron chi connectivity index (χ0n) is 9.83. The van der Waals surface area contributed by atoms with Crippen molar-refractivity contribution in [3.63, 3.8) is 0 Å². The first-order chi connectivity index (χ1) is 7.74. The van der Waals surface area contributed by atoms with Crippen LogP contribution in [0.25, 0.3) is 0 Å². The number of Topliss-reactive ketones (excluding diaryl/α,β-unsaturated/α-hetero) is 1. The lowest BCUT2D eigenvalue weighted by atomic mass is 10.1. The average Bonchev–Trinajstić information content (AvgIpc) is 2.29. The lowest BCUT2D eigenvalue weighted by Gasteiger charge is -2.06. The normalized spacial score (nSPS) is 10.1. The van der Waals surface area contributed by atoms with Crippen LogP contribution in [0.5, 0.6) is 0 Å². The molecule has 1 aromatic carbocycles.